The van der Waals surface area contributed by atoms with Crippen LogP contribution in [0.1, 0.15) is 0 Å². The van der Waals surface area contributed by atoms with Crippen molar-refractivity contribution in [2.24, 2.45) is 7.05 Å². The third kappa shape index (κ3) is 1.52. The lowest BCUT2D eigenvalue weighted by Gasteiger charge is -1.93. The Morgan fingerprint density at radius 2 is 2.19 bits per heavy atom. The molecule has 2 heterocycles. The molecule has 0 amide bonds. The number of nitrogens with zero attached hydrogens (tertiary/aromatic N) is 3. The minimum Gasteiger partial charge on any atom is -0.423 e. The highest BCUT2D eigenvalue weighted by molar-refractivity contribution is 5.74. The summed E-state index contributed by atoms with van der Waals surface area (Å²) in [6.45, 7) is 0. The number of hydrogen-bond acceptors (Lipinski definition) is 4. The Morgan fingerprint density at radius 3 is 2.94 bits per heavy atom. The number of oxazole rings is 1. The molecule has 0 unspecified atom stereocenters. The highest BCUT2D eigenvalue weighted by Crippen LogP contribution is 2.21. The number of para-hydroxylation sites is 2. The number of aryl methyl sites for hydroxylation is 1. The number of rotatable bonds is 2. The predicted octanol–water partition coefficient (Wildman–Crippen LogP) is 2.30. The maximum Gasteiger partial charge on any atom is 0.300 e. The van der Waals surface area contributed by atoms with E-state index in [1.165, 1.54) is 0 Å². The van der Waals surface area contributed by atoms with Crippen molar-refractivity contribution in [2.75, 3.05) is 5.32 Å². The molecule has 0 fully saturated rings. The fourth-order valence-corrected chi connectivity index (χ4v) is 1.53. The number of anilines is 2. The van der Waals surface area contributed by atoms with Crippen LogP contribution in [0.5, 0.6) is 0 Å². The second-order valence-electron chi connectivity index (χ2n) is 3.51. The Morgan fingerprint density at radius 1 is 1.31 bits per heavy atom. The Labute approximate surface area is 91.7 Å². The first-order valence-electron chi connectivity index (χ1n) is 4.92. The molecule has 0 bridgehead atoms. The standard InChI is InChI=1S/C11H10N4O/c1-15-7-8(6-12-15)13-11-14-9-4-2-3-5-10(9)16-11/h2-7H,1H3,(H,13,14). The van der Waals surface area contributed by atoms with E-state index in [9.17, 15) is 0 Å². The molecular weight excluding hydrogens is 204 g/mol. The molecule has 0 spiro atoms. The minimum absolute atomic E-state index is 0.481. The molecule has 3 aromatic rings. The van der Waals surface area contributed by atoms with Crippen LogP contribution in [0.25, 0.3) is 11.1 Å². The first-order chi connectivity index (χ1) is 7.81. The van der Waals surface area contributed by atoms with Gasteiger partial charge in [0.15, 0.2) is 5.58 Å². The van der Waals surface area contributed by atoms with Gasteiger partial charge in [-0.05, 0) is 12.1 Å². The highest BCUT2D eigenvalue weighted by Gasteiger charge is 2.05. The second kappa shape index (κ2) is 3.37. The largest absolute Gasteiger partial charge is 0.423 e. The molecule has 0 aliphatic heterocycles. The van der Waals surface area contributed by atoms with Gasteiger partial charge in [0, 0.05) is 13.2 Å². The fraction of sp³-hybridized carbons (Fsp3) is 0.0909. The van der Waals surface area contributed by atoms with Crippen molar-refractivity contribution < 1.29 is 4.42 Å². The van der Waals surface area contributed by atoms with Gasteiger partial charge in [0.05, 0.1) is 11.9 Å². The lowest BCUT2D eigenvalue weighted by molar-refractivity contribution is 0.623. The normalized spacial score (nSPS) is 10.8. The monoisotopic (exact) mass is 214 g/mol. The molecule has 0 saturated carbocycles. The van der Waals surface area contributed by atoms with Crippen LogP contribution in [0.3, 0.4) is 0 Å². The third-order valence-electron chi connectivity index (χ3n) is 2.25. The number of fused-ring (bicyclic) bond motifs is 1. The van der Waals surface area contributed by atoms with Crippen molar-refractivity contribution in [1.29, 1.82) is 0 Å². The van der Waals surface area contributed by atoms with Gasteiger partial charge < -0.3 is 9.73 Å². The molecule has 1 aromatic carbocycles. The van der Waals surface area contributed by atoms with E-state index in [1.54, 1.807) is 10.9 Å². The lowest BCUT2D eigenvalue weighted by atomic mass is 10.3. The lowest BCUT2D eigenvalue weighted by Crippen LogP contribution is -1.88. The molecule has 0 atom stereocenters. The molecule has 0 aliphatic rings. The van der Waals surface area contributed by atoms with Gasteiger partial charge >= 0.3 is 0 Å². The van der Waals surface area contributed by atoms with E-state index < -0.39 is 0 Å². The van der Waals surface area contributed by atoms with Crippen molar-refractivity contribution in [1.82, 2.24) is 14.8 Å². The summed E-state index contributed by atoms with van der Waals surface area (Å²) in [5, 5.41) is 7.10. The zero-order chi connectivity index (χ0) is 11.0. The van der Waals surface area contributed by atoms with E-state index in [0.717, 1.165) is 16.8 Å². The van der Waals surface area contributed by atoms with Crippen LogP contribution in [-0.4, -0.2) is 14.8 Å². The zero-order valence-electron chi connectivity index (χ0n) is 8.71. The van der Waals surface area contributed by atoms with Crippen molar-refractivity contribution in [3.8, 4) is 0 Å². The van der Waals surface area contributed by atoms with Crippen LogP contribution in [-0.2, 0) is 7.05 Å². The summed E-state index contributed by atoms with van der Waals surface area (Å²) in [6.07, 6.45) is 3.57. The van der Waals surface area contributed by atoms with Crippen molar-refractivity contribution in [3.63, 3.8) is 0 Å². The summed E-state index contributed by atoms with van der Waals surface area (Å²) < 4.78 is 7.24. The van der Waals surface area contributed by atoms with Crippen LogP contribution >= 0.6 is 0 Å². The van der Waals surface area contributed by atoms with E-state index in [1.807, 2.05) is 37.5 Å². The summed E-state index contributed by atoms with van der Waals surface area (Å²) in [5.41, 5.74) is 2.47. The molecule has 16 heavy (non-hydrogen) atoms. The first-order valence-corrected chi connectivity index (χ1v) is 4.92. The summed E-state index contributed by atoms with van der Waals surface area (Å²) in [5.74, 6) is 0. The topological polar surface area (TPSA) is 55.9 Å². The van der Waals surface area contributed by atoms with Gasteiger partial charge in [-0.1, -0.05) is 12.1 Å². The molecule has 1 N–H and O–H groups in total. The van der Waals surface area contributed by atoms with Gasteiger partial charge in [0.25, 0.3) is 6.01 Å². The number of hydrogen-bond donors (Lipinski definition) is 1. The number of aromatic nitrogens is 3. The first kappa shape index (κ1) is 8.96. The van der Waals surface area contributed by atoms with Crippen molar-refractivity contribution in [2.45, 2.75) is 0 Å². The van der Waals surface area contributed by atoms with Crippen molar-refractivity contribution >= 4 is 22.8 Å². The van der Waals surface area contributed by atoms with E-state index >= 15 is 0 Å². The van der Waals surface area contributed by atoms with Gasteiger partial charge in [-0.15, -0.1) is 0 Å². The average Bonchev–Trinajstić information content (AvgIpc) is 2.84. The summed E-state index contributed by atoms with van der Waals surface area (Å²) in [4.78, 5) is 4.30. The van der Waals surface area contributed by atoms with Crippen LogP contribution in [0, 0.1) is 0 Å². The van der Waals surface area contributed by atoms with Crippen LogP contribution in [0.4, 0.5) is 11.7 Å². The smallest absolute Gasteiger partial charge is 0.300 e. The summed E-state index contributed by atoms with van der Waals surface area (Å²) in [6, 6.07) is 8.12. The van der Waals surface area contributed by atoms with Gasteiger partial charge in [-0.2, -0.15) is 10.1 Å². The molecule has 0 saturated heterocycles. The fourth-order valence-electron chi connectivity index (χ4n) is 1.53. The number of benzene rings is 1. The SMILES string of the molecule is Cn1cc(Nc2nc3ccccc3o2)cn1. The highest BCUT2D eigenvalue weighted by atomic mass is 16.4. The van der Waals surface area contributed by atoms with Crippen LogP contribution in [0.2, 0.25) is 0 Å². The Balaban J connectivity index is 1.95. The average molecular weight is 214 g/mol. The summed E-state index contributed by atoms with van der Waals surface area (Å²) in [7, 11) is 1.86. The molecule has 80 valence electrons. The predicted molar refractivity (Wildman–Crippen MR) is 60.5 cm³/mol. The van der Waals surface area contributed by atoms with E-state index in [2.05, 4.69) is 15.4 Å². The van der Waals surface area contributed by atoms with E-state index in [4.69, 9.17) is 4.42 Å². The Kier molecular flexibility index (Phi) is 1.89. The van der Waals surface area contributed by atoms with Gasteiger partial charge in [0.1, 0.15) is 5.52 Å². The molecule has 0 radical (unpaired) electrons. The zero-order valence-corrected chi connectivity index (χ0v) is 8.71. The summed E-state index contributed by atoms with van der Waals surface area (Å²) >= 11 is 0. The van der Waals surface area contributed by atoms with Gasteiger partial charge in [0.2, 0.25) is 0 Å². The van der Waals surface area contributed by atoms with E-state index in [-0.39, 0.29) is 0 Å². The molecule has 3 rings (SSSR count). The molecule has 2 aromatic heterocycles. The third-order valence-corrected chi connectivity index (χ3v) is 2.25. The van der Waals surface area contributed by atoms with Gasteiger partial charge in [-0.3, -0.25) is 4.68 Å². The molecule has 5 nitrogen and oxygen atoms in total. The number of nitrogens with one attached hydrogen (secondary N) is 1. The van der Waals surface area contributed by atoms with Crippen molar-refractivity contribution in [3.05, 3.63) is 36.7 Å². The van der Waals surface area contributed by atoms with Gasteiger partial charge in [-0.25, -0.2) is 0 Å². The Bertz CT molecular complexity index is 592. The van der Waals surface area contributed by atoms with Crippen LogP contribution < -0.4 is 5.32 Å². The molecule has 0 aliphatic carbocycles. The maximum atomic E-state index is 5.52. The molecule has 5 heteroatoms. The second-order valence-corrected chi connectivity index (χ2v) is 3.51. The Hall–Kier alpha value is -2.30. The maximum absolute atomic E-state index is 5.52. The van der Waals surface area contributed by atoms with E-state index in [0.29, 0.717) is 6.01 Å². The minimum atomic E-state index is 0.481. The molecular formula is C11H10N4O. The quantitative estimate of drug-likeness (QED) is 0.711. The van der Waals surface area contributed by atoms with Crippen LogP contribution in [0.15, 0.2) is 41.1 Å².